The van der Waals surface area contributed by atoms with Crippen molar-refractivity contribution >= 4 is 9.52 Å². The van der Waals surface area contributed by atoms with Crippen LogP contribution in [0.1, 0.15) is 20.3 Å². The Morgan fingerprint density at radius 1 is 1.50 bits per heavy atom. The molecule has 8 heavy (non-hydrogen) atoms. The molecule has 44 valence electrons. The van der Waals surface area contributed by atoms with Crippen molar-refractivity contribution in [3.63, 3.8) is 0 Å². The minimum Gasteiger partial charge on any atom is -0.136 e. The molecule has 0 saturated carbocycles. The van der Waals surface area contributed by atoms with Gasteiger partial charge < -0.3 is 0 Å². The maximum Gasteiger partial charge on any atom is 0.144 e. The van der Waals surface area contributed by atoms with Gasteiger partial charge in [0.05, 0.1) is 0 Å². The van der Waals surface area contributed by atoms with Crippen molar-refractivity contribution in [3.05, 3.63) is 0 Å². The Morgan fingerprint density at radius 3 is 2.50 bits per heavy atom. The molecule has 0 fully saturated rings. The fourth-order valence-corrected chi connectivity index (χ4v) is 0.622. The minimum atomic E-state index is 0.735. The first-order valence-electron chi connectivity index (χ1n) is 2.92. The van der Waals surface area contributed by atoms with Crippen molar-refractivity contribution < 1.29 is 0 Å². The Labute approximate surface area is 54.5 Å². The second-order valence-corrected chi connectivity index (χ2v) is 2.90. The molecule has 0 aliphatic carbocycles. The fourth-order valence-electron chi connectivity index (χ4n) is 0.344. The van der Waals surface area contributed by atoms with Crippen molar-refractivity contribution in [2.24, 2.45) is 5.92 Å². The van der Waals surface area contributed by atoms with E-state index in [-0.39, 0.29) is 0 Å². The molecule has 0 bridgehead atoms. The van der Waals surface area contributed by atoms with Crippen molar-refractivity contribution in [3.8, 4) is 11.5 Å². The zero-order valence-corrected chi connectivity index (χ0v) is 6.78. The summed E-state index contributed by atoms with van der Waals surface area (Å²) in [6, 6.07) is 0. The van der Waals surface area contributed by atoms with Gasteiger partial charge in [0.2, 0.25) is 0 Å². The molecule has 2 radical (unpaired) electrons. The number of hydrogen-bond donors (Lipinski definition) is 0. The minimum absolute atomic E-state index is 0.735. The van der Waals surface area contributed by atoms with Gasteiger partial charge in [0.1, 0.15) is 9.52 Å². The molecular formula is C7H12Si. The van der Waals surface area contributed by atoms with Crippen molar-refractivity contribution in [1.82, 2.24) is 0 Å². The standard InChI is InChI=1S/C7H12Si/c1-7(2)5-4-6-8-3/h7H,5H2,1-3H3. The first-order valence-corrected chi connectivity index (χ1v) is 4.42. The van der Waals surface area contributed by atoms with E-state index >= 15 is 0 Å². The zero-order chi connectivity index (χ0) is 6.41. The van der Waals surface area contributed by atoms with Gasteiger partial charge in [-0.3, -0.25) is 0 Å². The molecule has 0 amide bonds. The van der Waals surface area contributed by atoms with E-state index in [4.69, 9.17) is 0 Å². The first kappa shape index (κ1) is 7.78. The zero-order valence-electron chi connectivity index (χ0n) is 5.78. The molecule has 0 aliphatic rings. The van der Waals surface area contributed by atoms with E-state index in [0.717, 1.165) is 21.9 Å². The normalized spacial score (nSPS) is 8.50. The van der Waals surface area contributed by atoms with Gasteiger partial charge in [-0.25, -0.2) is 0 Å². The lowest BCUT2D eigenvalue weighted by atomic mass is 10.1. The Balaban J connectivity index is 3.15. The van der Waals surface area contributed by atoms with Gasteiger partial charge in [0.25, 0.3) is 0 Å². The van der Waals surface area contributed by atoms with Crippen molar-refractivity contribution in [2.75, 3.05) is 0 Å². The Kier molecular flexibility index (Phi) is 4.79. The molecule has 1 heteroatoms. The number of hydrogen-bond acceptors (Lipinski definition) is 0. The third-order valence-corrected chi connectivity index (χ3v) is 1.15. The molecule has 0 N–H and O–H groups in total. The molecule has 0 heterocycles. The summed E-state index contributed by atoms with van der Waals surface area (Å²) >= 11 is 0. The molecule has 0 saturated heterocycles. The van der Waals surface area contributed by atoms with Crippen LogP contribution in [0.2, 0.25) is 6.55 Å². The maximum atomic E-state index is 3.10. The van der Waals surface area contributed by atoms with Crippen LogP contribution in [0.4, 0.5) is 0 Å². The summed E-state index contributed by atoms with van der Waals surface area (Å²) in [5.41, 5.74) is 3.06. The summed E-state index contributed by atoms with van der Waals surface area (Å²) < 4.78 is 0. The lowest BCUT2D eigenvalue weighted by molar-refractivity contribution is 0.676. The van der Waals surface area contributed by atoms with E-state index in [1.807, 2.05) is 0 Å². The highest BCUT2D eigenvalue weighted by molar-refractivity contribution is 6.44. The molecule has 0 spiro atoms. The van der Waals surface area contributed by atoms with Gasteiger partial charge in [-0.05, 0) is 5.92 Å². The molecule has 0 rings (SSSR count). The summed E-state index contributed by atoms with van der Waals surface area (Å²) in [7, 11) is 0.796. The van der Waals surface area contributed by atoms with Gasteiger partial charge in [-0.1, -0.05) is 20.4 Å². The van der Waals surface area contributed by atoms with Gasteiger partial charge in [-0.15, -0.1) is 11.5 Å². The van der Waals surface area contributed by atoms with E-state index in [0.29, 0.717) is 0 Å². The highest BCUT2D eigenvalue weighted by Gasteiger charge is 1.84. The van der Waals surface area contributed by atoms with Crippen LogP contribution in [0.25, 0.3) is 0 Å². The van der Waals surface area contributed by atoms with Crippen LogP contribution in [-0.2, 0) is 0 Å². The van der Waals surface area contributed by atoms with Gasteiger partial charge in [0.15, 0.2) is 0 Å². The van der Waals surface area contributed by atoms with Crippen LogP contribution in [0.5, 0.6) is 0 Å². The third kappa shape index (κ3) is 5.78. The van der Waals surface area contributed by atoms with E-state index < -0.39 is 0 Å². The van der Waals surface area contributed by atoms with E-state index in [1.54, 1.807) is 0 Å². The van der Waals surface area contributed by atoms with Gasteiger partial charge in [0, 0.05) is 6.42 Å². The summed E-state index contributed by atoms with van der Waals surface area (Å²) in [6.07, 6.45) is 1.06. The third-order valence-electron chi connectivity index (χ3n) is 0.724. The molecule has 0 nitrogen and oxygen atoms in total. The largest absolute Gasteiger partial charge is 0.144 e. The monoisotopic (exact) mass is 124 g/mol. The molecule has 0 aromatic rings. The van der Waals surface area contributed by atoms with Crippen LogP contribution in [0.3, 0.4) is 0 Å². The lowest BCUT2D eigenvalue weighted by Gasteiger charge is -1.91. The predicted molar refractivity (Wildman–Crippen MR) is 38.8 cm³/mol. The quantitative estimate of drug-likeness (QED) is 0.369. The summed E-state index contributed by atoms with van der Waals surface area (Å²) in [5, 5.41) is 0. The first-order chi connectivity index (χ1) is 3.77. The molecule has 0 atom stereocenters. The highest BCUT2D eigenvalue weighted by atomic mass is 28.2. The number of rotatable bonds is 1. The molecule has 0 aromatic carbocycles. The molecular weight excluding hydrogens is 112 g/mol. The Morgan fingerprint density at radius 2 is 2.12 bits per heavy atom. The van der Waals surface area contributed by atoms with Crippen molar-refractivity contribution in [2.45, 2.75) is 26.8 Å². The SMILES string of the molecule is C[Si]C#CCC(C)C. The lowest BCUT2D eigenvalue weighted by Crippen LogP contribution is -1.82. The van der Waals surface area contributed by atoms with Crippen molar-refractivity contribution in [1.29, 1.82) is 0 Å². The summed E-state index contributed by atoms with van der Waals surface area (Å²) in [5.74, 6) is 3.83. The van der Waals surface area contributed by atoms with Crippen LogP contribution in [0.15, 0.2) is 0 Å². The predicted octanol–water partition coefficient (Wildman–Crippen LogP) is 1.75. The van der Waals surface area contributed by atoms with Gasteiger partial charge in [-0.2, -0.15) is 0 Å². The summed E-state index contributed by atoms with van der Waals surface area (Å²) in [6.45, 7) is 6.48. The van der Waals surface area contributed by atoms with Crippen LogP contribution < -0.4 is 0 Å². The average molecular weight is 124 g/mol. The highest BCUT2D eigenvalue weighted by Crippen LogP contribution is 1.94. The van der Waals surface area contributed by atoms with Crippen LogP contribution in [0, 0.1) is 17.4 Å². The van der Waals surface area contributed by atoms with E-state index in [9.17, 15) is 0 Å². The summed E-state index contributed by atoms with van der Waals surface area (Å²) in [4.78, 5) is 0. The Hall–Kier alpha value is -0.223. The fraction of sp³-hybridized carbons (Fsp3) is 0.714. The molecule has 0 unspecified atom stereocenters. The Bertz CT molecular complexity index is 94.7. The second-order valence-electron chi connectivity index (χ2n) is 2.15. The van der Waals surface area contributed by atoms with E-state index in [1.165, 1.54) is 0 Å². The van der Waals surface area contributed by atoms with Crippen LogP contribution >= 0.6 is 0 Å². The molecule has 0 aromatic heterocycles. The molecule has 0 aliphatic heterocycles. The average Bonchev–Trinajstić information content (AvgIpc) is 1.66. The van der Waals surface area contributed by atoms with Crippen LogP contribution in [-0.4, -0.2) is 9.52 Å². The van der Waals surface area contributed by atoms with Gasteiger partial charge >= 0.3 is 0 Å². The maximum absolute atomic E-state index is 3.10. The second kappa shape index (κ2) is 4.92. The van der Waals surface area contributed by atoms with E-state index in [2.05, 4.69) is 31.9 Å². The topological polar surface area (TPSA) is 0 Å². The smallest absolute Gasteiger partial charge is 0.136 e.